The van der Waals surface area contributed by atoms with Crippen molar-refractivity contribution >= 4 is 22.4 Å². The number of nitrogens with zero attached hydrogens (tertiary/aromatic N) is 2. The number of hydrogen-bond acceptors (Lipinski definition) is 4. The van der Waals surface area contributed by atoms with E-state index in [2.05, 4.69) is 28.2 Å². The first-order chi connectivity index (χ1) is 10.2. The van der Waals surface area contributed by atoms with Crippen LogP contribution in [0.15, 0.2) is 30.3 Å². The lowest BCUT2D eigenvalue weighted by molar-refractivity contribution is 0.180. The van der Waals surface area contributed by atoms with Gasteiger partial charge in [0, 0.05) is 23.7 Å². The predicted octanol–water partition coefficient (Wildman–Crippen LogP) is 3.10. The Bertz CT molecular complexity index is 605. The van der Waals surface area contributed by atoms with Gasteiger partial charge >= 0.3 is 0 Å². The van der Waals surface area contributed by atoms with Crippen molar-refractivity contribution in [3.8, 4) is 0 Å². The van der Waals surface area contributed by atoms with Gasteiger partial charge in [0.25, 0.3) is 0 Å². The molecule has 3 rings (SSSR count). The van der Waals surface area contributed by atoms with E-state index >= 15 is 0 Å². The van der Waals surface area contributed by atoms with Crippen LogP contribution in [0, 0.1) is 0 Å². The van der Waals surface area contributed by atoms with Crippen LogP contribution >= 0.6 is 0 Å². The fourth-order valence-corrected chi connectivity index (χ4v) is 2.98. The highest BCUT2D eigenvalue weighted by atomic mass is 15.2. The fourth-order valence-electron chi connectivity index (χ4n) is 2.98. The molecule has 1 fully saturated rings. The number of piperidine rings is 1. The Morgan fingerprint density at radius 2 is 2.00 bits per heavy atom. The van der Waals surface area contributed by atoms with Crippen molar-refractivity contribution < 1.29 is 0 Å². The van der Waals surface area contributed by atoms with Crippen LogP contribution in [0.1, 0.15) is 26.2 Å². The van der Waals surface area contributed by atoms with Crippen LogP contribution in [0.25, 0.3) is 10.9 Å². The second-order valence-corrected chi connectivity index (χ2v) is 5.98. The maximum Gasteiger partial charge on any atom is 0.126 e. The molecule has 21 heavy (non-hydrogen) atoms. The maximum absolute atomic E-state index is 5.79. The molecular formula is C17H24N4. The number of hydrogen-bond donors (Lipinski definition) is 2. The molecule has 1 aliphatic rings. The Morgan fingerprint density at radius 1 is 1.19 bits per heavy atom. The molecule has 4 heteroatoms. The standard InChI is InChI=1S/C17H24N4/c1-13(21-9-3-2-4-10-21)12-19-17-8-5-14-11-15(18)6-7-16(14)20-17/h5-8,11,13H,2-4,9-10,12,18H2,1H3,(H,19,20). The molecule has 0 aliphatic carbocycles. The van der Waals surface area contributed by atoms with Crippen LogP contribution in [0.5, 0.6) is 0 Å². The van der Waals surface area contributed by atoms with E-state index in [0.717, 1.165) is 29.0 Å². The first kappa shape index (κ1) is 14.1. The molecule has 0 bridgehead atoms. The van der Waals surface area contributed by atoms with Gasteiger partial charge in [-0.2, -0.15) is 0 Å². The van der Waals surface area contributed by atoms with E-state index in [0.29, 0.717) is 6.04 Å². The van der Waals surface area contributed by atoms with Crippen molar-refractivity contribution in [2.75, 3.05) is 30.7 Å². The van der Waals surface area contributed by atoms with Gasteiger partial charge in [-0.3, -0.25) is 4.90 Å². The van der Waals surface area contributed by atoms with Crippen molar-refractivity contribution in [2.24, 2.45) is 0 Å². The molecule has 2 heterocycles. The summed E-state index contributed by atoms with van der Waals surface area (Å²) in [4.78, 5) is 7.22. The van der Waals surface area contributed by atoms with Crippen molar-refractivity contribution in [3.63, 3.8) is 0 Å². The van der Waals surface area contributed by atoms with Gasteiger partial charge < -0.3 is 11.1 Å². The molecular weight excluding hydrogens is 260 g/mol. The second-order valence-electron chi connectivity index (χ2n) is 5.98. The highest BCUT2D eigenvalue weighted by molar-refractivity contribution is 5.83. The van der Waals surface area contributed by atoms with Gasteiger partial charge in [0.2, 0.25) is 0 Å². The Hall–Kier alpha value is -1.81. The lowest BCUT2D eigenvalue weighted by Crippen LogP contribution is -2.41. The summed E-state index contributed by atoms with van der Waals surface area (Å²) in [5.41, 5.74) is 7.56. The van der Waals surface area contributed by atoms with Crippen molar-refractivity contribution in [1.29, 1.82) is 0 Å². The van der Waals surface area contributed by atoms with Crippen molar-refractivity contribution in [3.05, 3.63) is 30.3 Å². The maximum atomic E-state index is 5.79. The highest BCUT2D eigenvalue weighted by Crippen LogP contribution is 2.18. The van der Waals surface area contributed by atoms with E-state index in [1.807, 2.05) is 24.3 Å². The number of likely N-dealkylation sites (tertiary alicyclic amines) is 1. The van der Waals surface area contributed by atoms with Crippen LogP contribution in [0.3, 0.4) is 0 Å². The lowest BCUT2D eigenvalue weighted by atomic mass is 10.1. The number of nitrogen functional groups attached to an aromatic ring is 1. The first-order valence-electron chi connectivity index (χ1n) is 7.86. The van der Waals surface area contributed by atoms with Gasteiger partial charge in [0.15, 0.2) is 0 Å². The molecule has 1 unspecified atom stereocenters. The molecule has 0 spiro atoms. The molecule has 2 aromatic rings. The minimum atomic E-state index is 0.550. The smallest absolute Gasteiger partial charge is 0.126 e. The lowest BCUT2D eigenvalue weighted by Gasteiger charge is -2.32. The van der Waals surface area contributed by atoms with E-state index in [1.54, 1.807) is 0 Å². The zero-order chi connectivity index (χ0) is 14.7. The average Bonchev–Trinajstić information content (AvgIpc) is 2.53. The normalized spacial score (nSPS) is 17.8. The number of nitrogens with one attached hydrogen (secondary N) is 1. The molecule has 0 saturated carbocycles. The second kappa shape index (κ2) is 6.31. The summed E-state index contributed by atoms with van der Waals surface area (Å²) in [7, 11) is 0. The monoisotopic (exact) mass is 284 g/mol. The third-order valence-electron chi connectivity index (χ3n) is 4.31. The average molecular weight is 284 g/mol. The third kappa shape index (κ3) is 3.45. The minimum absolute atomic E-state index is 0.550. The summed E-state index contributed by atoms with van der Waals surface area (Å²) >= 11 is 0. The molecule has 1 aliphatic heterocycles. The van der Waals surface area contributed by atoms with Gasteiger partial charge in [-0.25, -0.2) is 4.98 Å². The van der Waals surface area contributed by atoms with E-state index in [4.69, 9.17) is 5.73 Å². The zero-order valence-electron chi connectivity index (χ0n) is 12.7. The third-order valence-corrected chi connectivity index (χ3v) is 4.31. The SMILES string of the molecule is CC(CNc1ccc2cc(N)ccc2n1)N1CCCCC1. The summed E-state index contributed by atoms with van der Waals surface area (Å²) in [6.45, 7) is 5.69. The van der Waals surface area contributed by atoms with Gasteiger partial charge in [-0.05, 0) is 63.2 Å². The molecule has 112 valence electrons. The van der Waals surface area contributed by atoms with Crippen LogP contribution in [0.2, 0.25) is 0 Å². The van der Waals surface area contributed by atoms with Gasteiger partial charge in [-0.1, -0.05) is 6.42 Å². The first-order valence-corrected chi connectivity index (χ1v) is 7.86. The number of aromatic nitrogens is 1. The van der Waals surface area contributed by atoms with Crippen LogP contribution in [0.4, 0.5) is 11.5 Å². The number of rotatable bonds is 4. The van der Waals surface area contributed by atoms with Gasteiger partial charge in [0.1, 0.15) is 5.82 Å². The van der Waals surface area contributed by atoms with E-state index in [-0.39, 0.29) is 0 Å². The van der Waals surface area contributed by atoms with E-state index < -0.39 is 0 Å². The molecule has 1 atom stereocenters. The van der Waals surface area contributed by atoms with E-state index in [9.17, 15) is 0 Å². The number of benzene rings is 1. The van der Waals surface area contributed by atoms with Crippen LogP contribution in [-0.2, 0) is 0 Å². The molecule has 0 amide bonds. The fraction of sp³-hybridized carbons (Fsp3) is 0.471. The van der Waals surface area contributed by atoms with E-state index in [1.165, 1.54) is 32.4 Å². The van der Waals surface area contributed by atoms with Crippen molar-refractivity contribution in [2.45, 2.75) is 32.2 Å². The largest absolute Gasteiger partial charge is 0.399 e. The number of nitrogens with two attached hydrogens (primary N) is 1. The summed E-state index contributed by atoms with van der Waals surface area (Å²) in [5.74, 6) is 0.941. The minimum Gasteiger partial charge on any atom is -0.399 e. The summed E-state index contributed by atoms with van der Waals surface area (Å²) in [6, 6.07) is 10.5. The highest BCUT2D eigenvalue weighted by Gasteiger charge is 2.16. The Morgan fingerprint density at radius 3 is 2.81 bits per heavy atom. The summed E-state index contributed by atoms with van der Waals surface area (Å²) < 4.78 is 0. The molecule has 4 nitrogen and oxygen atoms in total. The predicted molar refractivity (Wildman–Crippen MR) is 89.5 cm³/mol. The zero-order valence-corrected chi connectivity index (χ0v) is 12.7. The molecule has 1 aromatic carbocycles. The molecule has 1 aromatic heterocycles. The van der Waals surface area contributed by atoms with Gasteiger partial charge in [0.05, 0.1) is 5.52 Å². The Kier molecular flexibility index (Phi) is 4.25. The summed E-state index contributed by atoms with van der Waals surface area (Å²) in [6.07, 6.45) is 4.05. The Balaban J connectivity index is 1.63. The van der Waals surface area contributed by atoms with Crippen LogP contribution < -0.4 is 11.1 Å². The Labute approximate surface area is 126 Å². The number of anilines is 2. The number of fused-ring (bicyclic) bond motifs is 1. The van der Waals surface area contributed by atoms with Crippen LogP contribution in [-0.4, -0.2) is 35.6 Å². The molecule has 3 N–H and O–H groups in total. The topological polar surface area (TPSA) is 54.2 Å². The van der Waals surface area contributed by atoms with Crippen molar-refractivity contribution in [1.82, 2.24) is 9.88 Å². The number of pyridine rings is 1. The summed E-state index contributed by atoms with van der Waals surface area (Å²) in [5, 5.41) is 4.55. The molecule has 0 radical (unpaired) electrons. The molecule has 1 saturated heterocycles. The van der Waals surface area contributed by atoms with Gasteiger partial charge in [-0.15, -0.1) is 0 Å². The quantitative estimate of drug-likeness (QED) is 0.847.